The van der Waals surface area contributed by atoms with Gasteiger partial charge in [0.2, 0.25) is 0 Å². The Bertz CT molecular complexity index is 998. The molecular formula is C20H23N3O2. The molecule has 1 aromatic carbocycles. The highest BCUT2D eigenvalue weighted by Gasteiger charge is 2.14. The van der Waals surface area contributed by atoms with E-state index in [0.717, 1.165) is 12.0 Å². The average molecular weight is 337 g/mol. The topological polar surface area (TPSA) is 56.9 Å². The first kappa shape index (κ1) is 17.1. The van der Waals surface area contributed by atoms with Crippen molar-refractivity contribution in [1.29, 1.82) is 0 Å². The van der Waals surface area contributed by atoms with Gasteiger partial charge in [0.05, 0.1) is 11.9 Å². The molecular weight excluding hydrogens is 314 g/mol. The van der Waals surface area contributed by atoms with Gasteiger partial charge in [-0.2, -0.15) is 0 Å². The predicted molar refractivity (Wildman–Crippen MR) is 100.0 cm³/mol. The third-order valence-corrected chi connectivity index (χ3v) is 4.37. The number of benzene rings is 1. The van der Waals surface area contributed by atoms with Gasteiger partial charge in [-0.15, -0.1) is 0 Å². The number of rotatable bonds is 5. The highest BCUT2D eigenvalue weighted by Crippen LogP contribution is 2.09. The minimum atomic E-state index is -0.294. The van der Waals surface area contributed by atoms with Crippen molar-refractivity contribution in [1.82, 2.24) is 14.1 Å². The van der Waals surface area contributed by atoms with Crippen molar-refractivity contribution in [3.63, 3.8) is 0 Å². The van der Waals surface area contributed by atoms with Gasteiger partial charge in [0.25, 0.3) is 5.56 Å². The zero-order valence-electron chi connectivity index (χ0n) is 14.9. The van der Waals surface area contributed by atoms with Crippen LogP contribution in [0.5, 0.6) is 0 Å². The normalized spacial score (nSPS) is 11.4. The Morgan fingerprint density at radius 2 is 1.76 bits per heavy atom. The first-order chi connectivity index (χ1) is 12.0. The number of fused-ring (bicyclic) bond motifs is 1. The van der Waals surface area contributed by atoms with Gasteiger partial charge >= 0.3 is 5.69 Å². The lowest BCUT2D eigenvalue weighted by Crippen LogP contribution is -2.40. The van der Waals surface area contributed by atoms with Gasteiger partial charge in [-0.25, -0.2) is 9.78 Å². The summed E-state index contributed by atoms with van der Waals surface area (Å²) in [6.45, 7) is 7.01. The summed E-state index contributed by atoms with van der Waals surface area (Å²) in [5.74, 6) is 0.418. The third-order valence-electron chi connectivity index (χ3n) is 4.37. The van der Waals surface area contributed by atoms with Crippen LogP contribution in [0.15, 0.2) is 52.2 Å². The number of hydrogen-bond acceptors (Lipinski definition) is 3. The molecule has 0 radical (unpaired) electrons. The average Bonchev–Trinajstić information content (AvgIpc) is 2.60. The lowest BCUT2D eigenvalue weighted by molar-refractivity contribution is 0.485. The van der Waals surface area contributed by atoms with E-state index in [4.69, 9.17) is 0 Å². The van der Waals surface area contributed by atoms with Gasteiger partial charge in [-0.1, -0.05) is 43.7 Å². The van der Waals surface area contributed by atoms with Crippen LogP contribution in [0, 0.1) is 12.8 Å². The van der Waals surface area contributed by atoms with Gasteiger partial charge in [0, 0.05) is 12.7 Å². The van der Waals surface area contributed by atoms with E-state index >= 15 is 0 Å². The van der Waals surface area contributed by atoms with E-state index in [9.17, 15) is 9.59 Å². The molecule has 0 bridgehead atoms. The largest absolute Gasteiger partial charge is 0.332 e. The molecule has 0 amide bonds. The van der Waals surface area contributed by atoms with Crippen LogP contribution in [0.25, 0.3) is 11.0 Å². The Balaban J connectivity index is 2.17. The molecule has 0 N–H and O–H groups in total. The van der Waals surface area contributed by atoms with Gasteiger partial charge in [-0.05, 0) is 37.0 Å². The Hall–Kier alpha value is -2.69. The Labute approximate surface area is 146 Å². The summed E-state index contributed by atoms with van der Waals surface area (Å²) >= 11 is 0. The lowest BCUT2D eigenvalue weighted by atomic mass is 10.1. The first-order valence-electron chi connectivity index (χ1n) is 8.61. The summed E-state index contributed by atoms with van der Waals surface area (Å²) < 4.78 is 2.94. The molecule has 0 unspecified atom stereocenters. The summed E-state index contributed by atoms with van der Waals surface area (Å²) in [4.78, 5) is 30.0. The molecule has 0 fully saturated rings. The van der Waals surface area contributed by atoms with Gasteiger partial charge in [-0.3, -0.25) is 13.9 Å². The van der Waals surface area contributed by atoms with Crippen molar-refractivity contribution in [2.24, 2.45) is 5.92 Å². The van der Waals surface area contributed by atoms with E-state index in [0.29, 0.717) is 30.0 Å². The molecule has 0 aliphatic rings. The number of aryl methyl sites for hydroxylation is 1. The van der Waals surface area contributed by atoms with Crippen molar-refractivity contribution >= 4 is 11.0 Å². The maximum atomic E-state index is 13.0. The van der Waals surface area contributed by atoms with E-state index in [-0.39, 0.29) is 11.2 Å². The molecule has 5 nitrogen and oxygen atoms in total. The van der Waals surface area contributed by atoms with Crippen LogP contribution >= 0.6 is 0 Å². The van der Waals surface area contributed by atoms with Crippen LogP contribution in [0.3, 0.4) is 0 Å². The summed E-state index contributed by atoms with van der Waals surface area (Å²) in [6, 6.07) is 11.5. The van der Waals surface area contributed by atoms with Crippen LogP contribution < -0.4 is 11.2 Å². The standard InChI is InChI=1S/C20H23N3O2/c1-14(2)10-12-22-19(24)17-5-4-11-21-18(17)23(20(22)25)13-16-8-6-15(3)7-9-16/h4-9,11,14H,10,12-13H2,1-3H3. The summed E-state index contributed by atoms with van der Waals surface area (Å²) in [7, 11) is 0. The van der Waals surface area contributed by atoms with E-state index < -0.39 is 0 Å². The molecule has 0 aliphatic carbocycles. The SMILES string of the molecule is Cc1ccc(Cn2c(=O)n(CCC(C)C)c(=O)c3cccnc32)cc1. The first-order valence-corrected chi connectivity index (χ1v) is 8.61. The number of pyridine rings is 1. The summed E-state index contributed by atoms with van der Waals surface area (Å²) in [6.07, 6.45) is 2.40. The second kappa shape index (κ2) is 7.05. The number of nitrogens with zero attached hydrogens (tertiary/aromatic N) is 3. The lowest BCUT2D eigenvalue weighted by Gasteiger charge is -2.14. The number of hydrogen-bond donors (Lipinski definition) is 0. The maximum absolute atomic E-state index is 13.0. The molecule has 0 atom stereocenters. The highest BCUT2D eigenvalue weighted by molar-refractivity contribution is 5.73. The van der Waals surface area contributed by atoms with Crippen molar-refractivity contribution in [3.8, 4) is 0 Å². The molecule has 5 heteroatoms. The van der Waals surface area contributed by atoms with Crippen molar-refractivity contribution in [3.05, 3.63) is 74.6 Å². The Morgan fingerprint density at radius 1 is 1.04 bits per heavy atom. The molecule has 0 saturated heterocycles. The molecule has 2 heterocycles. The van der Waals surface area contributed by atoms with E-state index in [1.807, 2.05) is 31.2 Å². The predicted octanol–water partition coefficient (Wildman–Crippen LogP) is 2.96. The molecule has 2 aromatic heterocycles. The summed E-state index contributed by atoms with van der Waals surface area (Å²) in [5.41, 5.74) is 2.07. The van der Waals surface area contributed by atoms with E-state index in [1.165, 1.54) is 10.1 Å². The fourth-order valence-electron chi connectivity index (χ4n) is 2.85. The van der Waals surface area contributed by atoms with Crippen LogP contribution in [-0.2, 0) is 13.1 Å². The maximum Gasteiger partial charge on any atom is 0.332 e. The van der Waals surface area contributed by atoms with Crippen LogP contribution in [-0.4, -0.2) is 14.1 Å². The highest BCUT2D eigenvalue weighted by atomic mass is 16.2. The second-order valence-corrected chi connectivity index (χ2v) is 6.87. The summed E-state index contributed by atoms with van der Waals surface area (Å²) in [5, 5.41) is 0.484. The molecule has 0 spiro atoms. The van der Waals surface area contributed by atoms with Crippen LogP contribution in [0.4, 0.5) is 0 Å². The zero-order chi connectivity index (χ0) is 18.0. The minimum absolute atomic E-state index is 0.256. The van der Waals surface area contributed by atoms with Crippen molar-refractivity contribution in [2.45, 2.75) is 40.3 Å². The Kier molecular flexibility index (Phi) is 4.83. The van der Waals surface area contributed by atoms with Gasteiger partial charge < -0.3 is 0 Å². The van der Waals surface area contributed by atoms with Crippen LogP contribution in [0.2, 0.25) is 0 Å². The zero-order valence-corrected chi connectivity index (χ0v) is 14.9. The van der Waals surface area contributed by atoms with E-state index in [2.05, 4.69) is 18.8 Å². The number of aromatic nitrogens is 3. The van der Waals surface area contributed by atoms with E-state index in [1.54, 1.807) is 22.9 Å². The van der Waals surface area contributed by atoms with Crippen molar-refractivity contribution < 1.29 is 0 Å². The quantitative estimate of drug-likeness (QED) is 0.719. The fraction of sp³-hybridized carbons (Fsp3) is 0.350. The van der Waals surface area contributed by atoms with Crippen LogP contribution in [0.1, 0.15) is 31.4 Å². The smallest absolute Gasteiger partial charge is 0.273 e. The Morgan fingerprint density at radius 3 is 2.44 bits per heavy atom. The van der Waals surface area contributed by atoms with Gasteiger partial charge in [0.1, 0.15) is 5.65 Å². The molecule has 25 heavy (non-hydrogen) atoms. The monoisotopic (exact) mass is 337 g/mol. The molecule has 0 saturated carbocycles. The second-order valence-electron chi connectivity index (χ2n) is 6.87. The van der Waals surface area contributed by atoms with Gasteiger partial charge in [0.15, 0.2) is 0 Å². The fourth-order valence-corrected chi connectivity index (χ4v) is 2.85. The molecule has 130 valence electrons. The minimum Gasteiger partial charge on any atom is -0.273 e. The molecule has 3 aromatic rings. The molecule has 0 aliphatic heterocycles. The molecule has 3 rings (SSSR count). The van der Waals surface area contributed by atoms with Crippen molar-refractivity contribution in [2.75, 3.05) is 0 Å². The third kappa shape index (κ3) is 3.55.